The molecule has 0 aliphatic rings. The first-order chi connectivity index (χ1) is 17.9. The van der Waals surface area contributed by atoms with Gasteiger partial charge in [0.05, 0.1) is 0 Å². The molecule has 0 atom stereocenters. The lowest BCUT2D eigenvalue weighted by molar-refractivity contribution is 0.100. The minimum atomic E-state index is -0.504. The quantitative estimate of drug-likeness (QED) is 0.181. The van der Waals surface area contributed by atoms with Crippen molar-refractivity contribution < 1.29 is 14.4 Å². The molecule has 0 spiro atoms. The predicted octanol–water partition coefficient (Wildman–Crippen LogP) is 7.97. The Morgan fingerprint density at radius 2 is 0.605 bits per heavy atom. The lowest BCUT2D eigenvalue weighted by Gasteiger charge is -2.33. The van der Waals surface area contributed by atoms with E-state index in [9.17, 15) is 14.4 Å². The minimum Gasteiger partial charge on any atom is -0.295 e. The Balaban J connectivity index is 1.78. The molecule has 0 bridgehead atoms. The Labute approximate surface area is 225 Å². The van der Waals surface area contributed by atoms with E-state index in [0.29, 0.717) is 16.7 Å². The lowest BCUT2D eigenvalue weighted by Crippen LogP contribution is -2.26. The molecule has 4 aromatic rings. The van der Waals surface area contributed by atoms with E-state index in [1.807, 2.05) is 72.8 Å². The van der Waals surface area contributed by atoms with Gasteiger partial charge in [-0.25, -0.2) is 0 Å². The highest BCUT2D eigenvalue weighted by molar-refractivity contribution is 5.95. The van der Waals surface area contributed by atoms with Gasteiger partial charge in [-0.1, -0.05) is 111 Å². The van der Waals surface area contributed by atoms with Gasteiger partial charge in [0.1, 0.15) is 0 Å². The number of benzene rings is 4. The van der Waals surface area contributed by atoms with Gasteiger partial charge in [-0.15, -0.1) is 0 Å². The van der Waals surface area contributed by atoms with Gasteiger partial charge in [0, 0.05) is 27.5 Å². The van der Waals surface area contributed by atoms with E-state index >= 15 is 0 Å². The molecule has 0 unspecified atom stereocenters. The third kappa shape index (κ3) is 5.02. The monoisotopic (exact) mass is 502 g/mol. The van der Waals surface area contributed by atoms with Crippen molar-refractivity contribution >= 4 is 17.3 Å². The zero-order valence-electron chi connectivity index (χ0n) is 23.0. The van der Waals surface area contributed by atoms with Gasteiger partial charge in [0.15, 0.2) is 17.3 Å². The second-order valence-electron chi connectivity index (χ2n) is 10.7. The maximum Gasteiger partial charge on any atom is 0.159 e. The van der Waals surface area contributed by atoms with Crippen LogP contribution in [0.2, 0.25) is 0 Å². The summed E-state index contributed by atoms with van der Waals surface area (Å²) in [6, 6.07) is 32.1. The largest absolute Gasteiger partial charge is 0.295 e. The summed E-state index contributed by atoms with van der Waals surface area (Å²) in [6.07, 6.45) is 0. The van der Waals surface area contributed by atoms with Crippen LogP contribution in [-0.2, 0) is 10.8 Å². The Morgan fingerprint density at radius 1 is 0.395 bits per heavy atom. The summed E-state index contributed by atoms with van der Waals surface area (Å²) in [5.41, 5.74) is 6.84. The maximum atomic E-state index is 11.9. The average molecular weight is 503 g/mol. The van der Waals surface area contributed by atoms with Crippen LogP contribution in [0, 0.1) is 0 Å². The summed E-state index contributed by atoms with van der Waals surface area (Å²) in [4.78, 5) is 35.5. The first-order valence-corrected chi connectivity index (χ1v) is 12.9. The lowest BCUT2D eigenvalue weighted by atomic mass is 9.69. The number of ketones is 3. The predicted molar refractivity (Wildman–Crippen MR) is 153 cm³/mol. The zero-order valence-corrected chi connectivity index (χ0v) is 23.0. The summed E-state index contributed by atoms with van der Waals surface area (Å²) in [5.74, 6) is 0.129. The number of Topliss-reactive ketones (excluding diaryl/α,β-unsaturated/α-hetero) is 3. The van der Waals surface area contributed by atoms with Gasteiger partial charge < -0.3 is 0 Å². The minimum absolute atomic E-state index is 0.0342. The van der Waals surface area contributed by atoms with Crippen molar-refractivity contribution in [1.82, 2.24) is 0 Å². The molecule has 38 heavy (non-hydrogen) atoms. The van der Waals surface area contributed by atoms with Crippen molar-refractivity contribution in [1.29, 1.82) is 0 Å². The van der Waals surface area contributed by atoms with E-state index in [1.54, 1.807) is 20.8 Å². The van der Waals surface area contributed by atoms with E-state index in [0.717, 1.165) is 27.8 Å². The van der Waals surface area contributed by atoms with Crippen LogP contribution < -0.4 is 0 Å². The van der Waals surface area contributed by atoms with Crippen LogP contribution in [-0.4, -0.2) is 17.3 Å². The number of hydrogen-bond acceptors (Lipinski definition) is 3. The summed E-state index contributed by atoms with van der Waals surface area (Å²) in [7, 11) is 0. The second-order valence-corrected chi connectivity index (χ2v) is 10.7. The molecule has 0 heterocycles. The second kappa shape index (κ2) is 10.3. The summed E-state index contributed by atoms with van der Waals surface area (Å²) in [6.45, 7) is 11.3. The number of carbonyl (C=O) groups excluding carboxylic acids is 3. The average Bonchev–Trinajstić information content (AvgIpc) is 2.92. The molecule has 192 valence electrons. The van der Waals surface area contributed by atoms with Gasteiger partial charge in [-0.05, 0) is 55.5 Å². The highest BCUT2D eigenvalue weighted by Crippen LogP contribution is 2.40. The van der Waals surface area contributed by atoms with Crippen LogP contribution in [0.3, 0.4) is 0 Å². The van der Waals surface area contributed by atoms with E-state index in [2.05, 4.69) is 45.0 Å². The Hall–Kier alpha value is -4.11. The molecule has 0 radical (unpaired) electrons. The van der Waals surface area contributed by atoms with E-state index in [1.165, 1.54) is 0 Å². The van der Waals surface area contributed by atoms with Crippen LogP contribution in [0.25, 0.3) is 0 Å². The van der Waals surface area contributed by atoms with Crippen molar-refractivity contribution in [2.24, 2.45) is 0 Å². The van der Waals surface area contributed by atoms with Crippen molar-refractivity contribution in [3.05, 3.63) is 142 Å². The maximum absolute atomic E-state index is 11.9. The number of hydrogen-bond donors (Lipinski definition) is 0. The fourth-order valence-electron chi connectivity index (χ4n) is 5.09. The Morgan fingerprint density at radius 3 is 0.868 bits per heavy atom. The summed E-state index contributed by atoms with van der Waals surface area (Å²) in [5, 5.41) is 0. The molecular formula is C35H34O3. The third-order valence-electron chi connectivity index (χ3n) is 7.93. The van der Waals surface area contributed by atoms with Gasteiger partial charge >= 0.3 is 0 Å². The molecule has 4 aromatic carbocycles. The molecule has 3 nitrogen and oxygen atoms in total. The fourth-order valence-corrected chi connectivity index (χ4v) is 5.09. The number of rotatable bonds is 8. The van der Waals surface area contributed by atoms with Crippen LogP contribution >= 0.6 is 0 Å². The summed E-state index contributed by atoms with van der Waals surface area (Å²) >= 11 is 0. The van der Waals surface area contributed by atoms with Crippen LogP contribution in [0.4, 0.5) is 0 Å². The van der Waals surface area contributed by atoms with Crippen molar-refractivity contribution in [3.8, 4) is 0 Å². The molecule has 0 aliphatic carbocycles. The molecule has 0 aromatic heterocycles. The van der Waals surface area contributed by atoms with Crippen LogP contribution in [0.1, 0.15) is 100 Å². The molecule has 0 fully saturated rings. The van der Waals surface area contributed by atoms with Crippen LogP contribution in [0.15, 0.2) is 97.1 Å². The smallest absolute Gasteiger partial charge is 0.159 e. The molecular weight excluding hydrogens is 468 g/mol. The fraction of sp³-hybridized carbons (Fsp3) is 0.229. The van der Waals surface area contributed by atoms with Gasteiger partial charge in [0.2, 0.25) is 0 Å². The van der Waals surface area contributed by atoms with Gasteiger partial charge in [-0.3, -0.25) is 14.4 Å². The molecule has 0 aliphatic heterocycles. The molecule has 0 N–H and O–H groups in total. The first-order valence-electron chi connectivity index (χ1n) is 12.9. The van der Waals surface area contributed by atoms with E-state index in [-0.39, 0.29) is 22.8 Å². The molecule has 0 saturated heterocycles. The van der Waals surface area contributed by atoms with Crippen molar-refractivity contribution in [3.63, 3.8) is 0 Å². The van der Waals surface area contributed by atoms with E-state index < -0.39 is 5.41 Å². The molecule has 0 saturated carbocycles. The topological polar surface area (TPSA) is 51.2 Å². The summed E-state index contributed by atoms with van der Waals surface area (Å²) < 4.78 is 0. The highest BCUT2D eigenvalue weighted by Gasteiger charge is 2.32. The zero-order chi connectivity index (χ0) is 27.7. The third-order valence-corrected chi connectivity index (χ3v) is 7.93. The Bertz CT molecular complexity index is 1410. The molecule has 4 rings (SSSR count). The Kier molecular flexibility index (Phi) is 7.33. The van der Waals surface area contributed by atoms with Crippen molar-refractivity contribution in [2.45, 2.75) is 52.4 Å². The molecule has 0 amide bonds. The van der Waals surface area contributed by atoms with Crippen LogP contribution in [0.5, 0.6) is 0 Å². The standard InChI is InChI=1S/C35H34O3/c1-23(36)26-7-13-29(14-8-26)34(4,5)30-19-21-33(22-20-30)35(6,31-15-9-27(10-16-31)24(2)37)32-17-11-28(12-18-32)25(3)38/h7-22H,1-6H3. The highest BCUT2D eigenvalue weighted by atomic mass is 16.1. The first kappa shape index (κ1) is 26.9. The normalized spacial score (nSPS) is 11.7. The van der Waals surface area contributed by atoms with Gasteiger partial charge in [-0.2, -0.15) is 0 Å². The van der Waals surface area contributed by atoms with E-state index in [4.69, 9.17) is 0 Å². The number of carbonyl (C=O) groups is 3. The molecule has 3 heteroatoms. The van der Waals surface area contributed by atoms with Gasteiger partial charge in [0.25, 0.3) is 0 Å². The SMILES string of the molecule is CC(=O)c1ccc(C(C)(C)c2ccc(C(C)(c3ccc(C(C)=O)cc3)c3ccc(C(C)=O)cc3)cc2)cc1. The van der Waals surface area contributed by atoms with Crippen molar-refractivity contribution in [2.75, 3.05) is 0 Å².